The molecule has 65 heavy (non-hydrogen) atoms. The average molecular weight is 911 g/mol. The monoisotopic (exact) mass is 911 g/mol. The number of rotatable bonds is 33. The van der Waals surface area contributed by atoms with E-state index in [0.717, 1.165) is 75.3 Å². The fraction of sp³-hybridized carbons (Fsp3) is 0.731. The summed E-state index contributed by atoms with van der Waals surface area (Å²) in [5.74, 6) is -0.670. The number of benzene rings is 1. The Morgan fingerprint density at radius 2 is 1.62 bits per heavy atom. The van der Waals surface area contributed by atoms with Gasteiger partial charge < -0.3 is 48.6 Å². The molecule has 1 saturated heterocycles. The lowest BCUT2D eigenvalue weighted by molar-refractivity contribution is -0.256. The van der Waals surface area contributed by atoms with Crippen LogP contribution in [0.4, 0.5) is 4.79 Å². The SMILES string of the molecule is C=CCOc1ccc2c(c1)C1C(CCCCO)C(CCCCO)C=C3C(=NOC4CCCCO4)CC(N(CCOCCO)C(=O)OCCCCCCCCCCCC)C(OCC=C)(O2)C31. The van der Waals surface area contributed by atoms with E-state index in [9.17, 15) is 20.1 Å². The molecule has 7 atom stereocenters. The summed E-state index contributed by atoms with van der Waals surface area (Å²) in [5.41, 5.74) is 2.60. The second-order valence-electron chi connectivity index (χ2n) is 18.1. The van der Waals surface area contributed by atoms with Crippen molar-refractivity contribution < 1.29 is 53.4 Å². The minimum atomic E-state index is -1.44. The summed E-state index contributed by atoms with van der Waals surface area (Å²) in [6.45, 7) is 12.0. The van der Waals surface area contributed by atoms with E-state index < -0.39 is 30.1 Å². The minimum Gasteiger partial charge on any atom is -0.490 e. The van der Waals surface area contributed by atoms with E-state index in [4.69, 9.17) is 38.4 Å². The molecule has 0 spiro atoms. The quantitative estimate of drug-likeness (QED) is 0.0350. The van der Waals surface area contributed by atoms with E-state index in [2.05, 4.69) is 32.2 Å². The molecule has 1 amide bonds. The van der Waals surface area contributed by atoms with Crippen LogP contribution in [0.2, 0.25) is 0 Å². The number of hydrogen-bond donors (Lipinski definition) is 3. The number of amides is 1. The summed E-state index contributed by atoms with van der Waals surface area (Å²) < 4.78 is 38.6. The number of ether oxygens (including phenoxy) is 6. The van der Waals surface area contributed by atoms with Gasteiger partial charge in [-0.2, -0.15) is 0 Å². The highest BCUT2D eigenvalue weighted by atomic mass is 16.8. The van der Waals surface area contributed by atoms with Crippen LogP contribution in [0.25, 0.3) is 0 Å². The van der Waals surface area contributed by atoms with E-state index in [1.54, 1.807) is 17.1 Å². The van der Waals surface area contributed by atoms with Crippen molar-refractivity contribution in [2.75, 3.05) is 66.0 Å². The van der Waals surface area contributed by atoms with Crippen molar-refractivity contribution in [2.45, 2.75) is 159 Å². The van der Waals surface area contributed by atoms with Gasteiger partial charge in [0.05, 0.1) is 51.3 Å². The van der Waals surface area contributed by atoms with Gasteiger partial charge in [-0.25, -0.2) is 4.79 Å². The molecular formula is C52H82N2O11. The molecule has 4 aliphatic rings. The van der Waals surface area contributed by atoms with Crippen LogP contribution in [-0.4, -0.2) is 116 Å². The summed E-state index contributed by atoms with van der Waals surface area (Å²) in [4.78, 5) is 22.7. The highest BCUT2D eigenvalue weighted by Gasteiger charge is 2.65. The largest absolute Gasteiger partial charge is 0.490 e. The van der Waals surface area contributed by atoms with Gasteiger partial charge in [-0.3, -0.25) is 4.90 Å². The number of allylic oxidation sites excluding steroid dienone is 1. The van der Waals surface area contributed by atoms with Gasteiger partial charge in [0, 0.05) is 44.1 Å². The molecule has 1 saturated carbocycles. The van der Waals surface area contributed by atoms with E-state index in [-0.39, 0.29) is 77.0 Å². The molecule has 2 heterocycles. The maximum atomic E-state index is 14.7. The smallest absolute Gasteiger partial charge is 0.410 e. The minimum absolute atomic E-state index is 0.0604. The lowest BCUT2D eigenvalue weighted by Gasteiger charge is -2.59. The predicted octanol–water partition coefficient (Wildman–Crippen LogP) is 9.78. The number of hydrogen-bond acceptors (Lipinski definition) is 12. The van der Waals surface area contributed by atoms with Crippen LogP contribution in [0, 0.1) is 17.8 Å². The Labute approximate surface area is 389 Å². The lowest BCUT2D eigenvalue weighted by atomic mass is 9.55. The summed E-state index contributed by atoms with van der Waals surface area (Å²) in [6, 6.07) is 5.14. The maximum Gasteiger partial charge on any atom is 0.410 e. The molecule has 0 aromatic heterocycles. The van der Waals surface area contributed by atoms with Gasteiger partial charge in [-0.1, -0.05) is 108 Å². The summed E-state index contributed by atoms with van der Waals surface area (Å²) in [6.07, 6.45) is 24.0. The van der Waals surface area contributed by atoms with Crippen LogP contribution in [0.1, 0.15) is 147 Å². The van der Waals surface area contributed by atoms with Crippen molar-refractivity contribution in [3.05, 3.63) is 60.7 Å². The second kappa shape index (κ2) is 29.3. The first-order chi connectivity index (χ1) is 32.0. The van der Waals surface area contributed by atoms with Crippen molar-refractivity contribution in [1.29, 1.82) is 0 Å². The summed E-state index contributed by atoms with van der Waals surface area (Å²) in [7, 11) is 0. The van der Waals surface area contributed by atoms with E-state index >= 15 is 0 Å². The van der Waals surface area contributed by atoms with Gasteiger partial charge in [-0.05, 0) is 80.6 Å². The molecule has 13 heteroatoms. The molecule has 5 rings (SSSR count). The molecule has 1 aromatic rings. The molecule has 2 fully saturated rings. The van der Waals surface area contributed by atoms with Gasteiger partial charge in [0.2, 0.25) is 12.1 Å². The van der Waals surface area contributed by atoms with Crippen LogP contribution < -0.4 is 9.47 Å². The highest BCUT2D eigenvalue weighted by Crippen LogP contribution is 2.62. The summed E-state index contributed by atoms with van der Waals surface area (Å²) >= 11 is 0. The van der Waals surface area contributed by atoms with Gasteiger partial charge >= 0.3 is 6.09 Å². The molecule has 0 radical (unpaired) electrons. The molecular weight excluding hydrogens is 829 g/mol. The van der Waals surface area contributed by atoms with Crippen LogP contribution in [0.3, 0.4) is 0 Å². The highest BCUT2D eigenvalue weighted by molar-refractivity contribution is 6.03. The van der Waals surface area contributed by atoms with Gasteiger partial charge in [0.25, 0.3) is 0 Å². The van der Waals surface area contributed by atoms with Crippen molar-refractivity contribution in [2.24, 2.45) is 22.9 Å². The number of oxime groups is 1. The molecule has 2 aliphatic heterocycles. The first kappa shape index (κ1) is 52.5. The fourth-order valence-corrected chi connectivity index (χ4v) is 10.3. The number of carbonyl (C=O) groups is 1. The standard InChI is InChI=1S/C52H82N2O11/c1-4-7-8-9-10-11-12-13-14-20-34-62-51(58)54(27-35-59-36-30-57)47-39-45(53-65-48-24-17-21-33-61-48)43-37-40(22-15-18-28-55)42(23-16-19-29-56)49-44-38-41(60-31-5-2)25-26-46(44)64-52(47,50(43)49)63-32-6-3/h5-6,25-26,37-38,40,42,47-50,55-57H,2-4,7-24,27-36,39H2,1H3. The van der Waals surface area contributed by atoms with Crippen LogP contribution in [0.15, 0.2) is 60.3 Å². The number of fused-ring (bicyclic) bond motifs is 2. The molecule has 3 N–H and O–H groups in total. The Morgan fingerprint density at radius 1 is 0.877 bits per heavy atom. The molecule has 0 bridgehead atoms. The van der Waals surface area contributed by atoms with Crippen molar-refractivity contribution >= 4 is 11.8 Å². The van der Waals surface area contributed by atoms with Crippen molar-refractivity contribution in [1.82, 2.24) is 4.90 Å². The zero-order valence-electron chi connectivity index (χ0n) is 39.6. The maximum absolute atomic E-state index is 14.7. The molecule has 7 unspecified atom stereocenters. The molecule has 1 aromatic carbocycles. The number of nitrogens with zero attached hydrogens (tertiary/aromatic N) is 2. The number of unbranched alkanes of at least 4 members (excludes halogenated alkanes) is 11. The van der Waals surface area contributed by atoms with Crippen LogP contribution in [0.5, 0.6) is 11.5 Å². The van der Waals surface area contributed by atoms with Crippen LogP contribution >= 0.6 is 0 Å². The Bertz CT molecular complexity index is 1610. The number of aliphatic hydroxyl groups excluding tert-OH is 3. The zero-order valence-corrected chi connectivity index (χ0v) is 39.6. The Morgan fingerprint density at radius 3 is 2.31 bits per heavy atom. The molecule has 2 aliphatic carbocycles. The first-order valence-corrected chi connectivity index (χ1v) is 25.2. The Hall–Kier alpha value is -3.46. The topological polar surface area (TPSA) is 158 Å². The number of carbonyl (C=O) groups excluding carboxylic acids is 1. The zero-order chi connectivity index (χ0) is 46.1. The van der Waals surface area contributed by atoms with Gasteiger partial charge in [-0.15, -0.1) is 6.58 Å². The third kappa shape index (κ3) is 15.0. The predicted molar refractivity (Wildman–Crippen MR) is 253 cm³/mol. The fourth-order valence-electron chi connectivity index (χ4n) is 10.3. The number of aliphatic hydroxyl groups is 3. The van der Waals surface area contributed by atoms with E-state index in [1.807, 2.05) is 12.1 Å². The van der Waals surface area contributed by atoms with Crippen molar-refractivity contribution in [3.8, 4) is 11.5 Å². The Balaban J connectivity index is 1.59. The van der Waals surface area contributed by atoms with E-state index in [0.29, 0.717) is 43.3 Å². The average Bonchev–Trinajstić information content (AvgIpc) is 3.32. The third-order valence-electron chi connectivity index (χ3n) is 13.5. The van der Waals surface area contributed by atoms with E-state index in [1.165, 1.54) is 44.9 Å². The van der Waals surface area contributed by atoms with Gasteiger partial charge in [0.15, 0.2) is 0 Å². The third-order valence-corrected chi connectivity index (χ3v) is 13.5. The molecule has 366 valence electrons. The van der Waals surface area contributed by atoms with Crippen molar-refractivity contribution in [3.63, 3.8) is 0 Å². The second-order valence-corrected chi connectivity index (χ2v) is 18.1. The Kier molecular flexibility index (Phi) is 23.7. The normalized spacial score (nSPS) is 25.2. The molecule has 13 nitrogen and oxygen atoms in total. The first-order valence-electron chi connectivity index (χ1n) is 25.2. The lowest BCUT2D eigenvalue weighted by Crippen LogP contribution is -2.70. The summed E-state index contributed by atoms with van der Waals surface area (Å²) in [5, 5.41) is 34.5. The van der Waals surface area contributed by atoms with Gasteiger partial charge in [0.1, 0.15) is 24.1 Å². The van der Waals surface area contributed by atoms with Crippen LogP contribution in [-0.2, 0) is 23.8 Å².